The minimum absolute atomic E-state index is 0.0115. The molecular formula is C12H24N2O2S. The first-order valence-electron chi connectivity index (χ1n) is 6.40. The first-order valence-corrected chi connectivity index (χ1v) is 8.02. The quantitative estimate of drug-likeness (QED) is 0.734. The molecular weight excluding hydrogens is 236 g/mol. The van der Waals surface area contributed by atoms with Gasteiger partial charge in [0.25, 0.3) is 0 Å². The van der Waals surface area contributed by atoms with Gasteiger partial charge in [0.15, 0.2) is 0 Å². The van der Waals surface area contributed by atoms with Crippen LogP contribution in [0, 0.1) is 0 Å². The molecule has 0 aliphatic carbocycles. The molecule has 1 rings (SSSR count). The Labute approximate surface area is 107 Å². The lowest BCUT2D eigenvalue weighted by Crippen LogP contribution is -2.39. The Hall–Kier alpha value is -0.420. The molecule has 0 saturated carbocycles. The number of rotatable bonds is 7. The monoisotopic (exact) mass is 260 g/mol. The fourth-order valence-corrected chi connectivity index (χ4v) is 2.41. The zero-order valence-corrected chi connectivity index (χ0v) is 11.9. The van der Waals surface area contributed by atoms with E-state index in [0.29, 0.717) is 0 Å². The molecule has 100 valence electrons. The number of carbonyl (C=O) groups excluding carboxylic acids is 1. The van der Waals surface area contributed by atoms with Crippen LogP contribution in [0.3, 0.4) is 0 Å². The lowest BCUT2D eigenvalue weighted by molar-refractivity contribution is -0.129. The summed E-state index contributed by atoms with van der Waals surface area (Å²) >= 11 is 0. The van der Waals surface area contributed by atoms with E-state index in [9.17, 15) is 9.00 Å². The third kappa shape index (κ3) is 4.39. The van der Waals surface area contributed by atoms with Gasteiger partial charge in [-0.15, -0.1) is 0 Å². The molecule has 0 aromatic rings. The highest BCUT2D eigenvalue weighted by atomic mass is 32.2. The summed E-state index contributed by atoms with van der Waals surface area (Å²) in [5.41, 5.74) is 0. The predicted octanol–water partition coefficient (Wildman–Crippen LogP) is 0.744. The topological polar surface area (TPSA) is 49.4 Å². The Bertz CT molecular complexity index is 284. The van der Waals surface area contributed by atoms with E-state index in [4.69, 9.17) is 0 Å². The van der Waals surface area contributed by atoms with Gasteiger partial charge in [-0.25, -0.2) is 0 Å². The molecule has 3 atom stereocenters. The van der Waals surface area contributed by atoms with Crippen molar-refractivity contribution in [1.29, 1.82) is 0 Å². The van der Waals surface area contributed by atoms with E-state index in [0.717, 1.165) is 38.9 Å². The van der Waals surface area contributed by atoms with E-state index < -0.39 is 10.8 Å². The minimum atomic E-state index is -0.789. The molecule has 0 radical (unpaired) electrons. The van der Waals surface area contributed by atoms with E-state index in [1.54, 1.807) is 6.26 Å². The van der Waals surface area contributed by atoms with Crippen molar-refractivity contribution >= 4 is 16.7 Å². The van der Waals surface area contributed by atoms with Crippen molar-refractivity contribution in [3.8, 4) is 0 Å². The molecule has 0 aromatic heterocycles. The van der Waals surface area contributed by atoms with Gasteiger partial charge < -0.3 is 10.2 Å². The van der Waals surface area contributed by atoms with Crippen LogP contribution in [-0.2, 0) is 15.6 Å². The number of nitrogens with one attached hydrogen (secondary N) is 1. The SMILES string of the molecule is CCCNC1CCN(CCC(C)S(C)=O)C1=O. The Morgan fingerprint density at radius 3 is 2.88 bits per heavy atom. The zero-order chi connectivity index (χ0) is 12.8. The molecule has 1 saturated heterocycles. The molecule has 0 bridgehead atoms. The number of likely N-dealkylation sites (tertiary alicyclic amines) is 1. The molecule has 4 nitrogen and oxygen atoms in total. The van der Waals surface area contributed by atoms with Crippen LogP contribution in [0.2, 0.25) is 0 Å². The zero-order valence-electron chi connectivity index (χ0n) is 11.1. The molecule has 1 fully saturated rings. The highest BCUT2D eigenvalue weighted by Gasteiger charge is 2.30. The van der Waals surface area contributed by atoms with E-state index in [1.165, 1.54) is 0 Å². The Kier molecular flexibility index (Phi) is 6.12. The summed E-state index contributed by atoms with van der Waals surface area (Å²) in [6, 6.07) is 0.0115. The van der Waals surface area contributed by atoms with Crippen molar-refractivity contribution in [2.45, 2.75) is 44.4 Å². The third-order valence-corrected chi connectivity index (χ3v) is 4.68. The van der Waals surface area contributed by atoms with Gasteiger partial charge in [-0.1, -0.05) is 13.8 Å². The van der Waals surface area contributed by atoms with Crippen LogP contribution in [0.25, 0.3) is 0 Å². The first-order chi connectivity index (χ1) is 8.06. The van der Waals surface area contributed by atoms with Crippen molar-refractivity contribution < 1.29 is 9.00 Å². The van der Waals surface area contributed by atoms with Gasteiger partial charge in [0.2, 0.25) is 5.91 Å². The number of nitrogens with zero attached hydrogens (tertiary/aromatic N) is 1. The lowest BCUT2D eigenvalue weighted by Gasteiger charge is -2.18. The second-order valence-electron chi connectivity index (χ2n) is 4.72. The fraction of sp³-hybridized carbons (Fsp3) is 0.917. The van der Waals surface area contributed by atoms with E-state index >= 15 is 0 Å². The summed E-state index contributed by atoms with van der Waals surface area (Å²) < 4.78 is 11.2. The number of hydrogen-bond donors (Lipinski definition) is 1. The maximum absolute atomic E-state index is 12.0. The third-order valence-electron chi connectivity index (χ3n) is 3.31. The van der Waals surface area contributed by atoms with Crippen molar-refractivity contribution in [3.05, 3.63) is 0 Å². The fourth-order valence-electron chi connectivity index (χ4n) is 1.97. The Balaban J connectivity index is 2.32. The number of carbonyl (C=O) groups is 1. The molecule has 17 heavy (non-hydrogen) atoms. The molecule has 1 aliphatic rings. The molecule has 1 heterocycles. The standard InChI is InChI=1S/C12H24N2O2S/c1-4-7-13-11-6-9-14(12(11)15)8-5-10(2)17(3)16/h10-11,13H,4-9H2,1-3H3. The molecule has 1 aliphatic heterocycles. The van der Waals surface area contributed by atoms with Gasteiger partial charge in [-0.3, -0.25) is 9.00 Å². The van der Waals surface area contributed by atoms with Crippen LogP contribution < -0.4 is 5.32 Å². The Morgan fingerprint density at radius 1 is 1.59 bits per heavy atom. The maximum Gasteiger partial charge on any atom is 0.239 e. The molecule has 1 N–H and O–H groups in total. The normalized spacial score (nSPS) is 24.1. The largest absolute Gasteiger partial charge is 0.341 e. The molecule has 0 aromatic carbocycles. The molecule has 3 unspecified atom stereocenters. The Morgan fingerprint density at radius 2 is 2.29 bits per heavy atom. The van der Waals surface area contributed by atoms with E-state index in [2.05, 4.69) is 12.2 Å². The van der Waals surface area contributed by atoms with Gasteiger partial charge in [0, 0.05) is 35.4 Å². The maximum atomic E-state index is 12.0. The summed E-state index contributed by atoms with van der Waals surface area (Å²) in [7, 11) is -0.789. The van der Waals surface area contributed by atoms with Crippen LogP contribution in [0.5, 0.6) is 0 Å². The van der Waals surface area contributed by atoms with Crippen LogP contribution >= 0.6 is 0 Å². The highest BCUT2D eigenvalue weighted by molar-refractivity contribution is 7.84. The summed E-state index contributed by atoms with van der Waals surface area (Å²) in [6.07, 6.45) is 4.51. The first kappa shape index (κ1) is 14.6. The summed E-state index contributed by atoms with van der Waals surface area (Å²) in [5, 5.41) is 3.44. The van der Waals surface area contributed by atoms with Gasteiger partial charge >= 0.3 is 0 Å². The smallest absolute Gasteiger partial charge is 0.239 e. The molecule has 1 amide bonds. The van der Waals surface area contributed by atoms with Crippen LogP contribution in [0.4, 0.5) is 0 Å². The van der Waals surface area contributed by atoms with Gasteiger partial charge in [0.1, 0.15) is 0 Å². The van der Waals surface area contributed by atoms with Crippen LogP contribution in [0.15, 0.2) is 0 Å². The molecule has 5 heteroatoms. The number of amides is 1. The highest BCUT2D eigenvalue weighted by Crippen LogP contribution is 2.13. The van der Waals surface area contributed by atoms with Crippen LogP contribution in [-0.4, -0.2) is 52.2 Å². The predicted molar refractivity (Wildman–Crippen MR) is 71.4 cm³/mol. The average Bonchev–Trinajstić information content (AvgIpc) is 2.64. The minimum Gasteiger partial charge on any atom is -0.341 e. The number of hydrogen-bond acceptors (Lipinski definition) is 3. The van der Waals surface area contributed by atoms with Crippen molar-refractivity contribution in [3.63, 3.8) is 0 Å². The molecule has 0 spiro atoms. The summed E-state index contributed by atoms with van der Waals surface area (Å²) in [4.78, 5) is 13.9. The van der Waals surface area contributed by atoms with Crippen LogP contribution in [0.1, 0.15) is 33.1 Å². The summed E-state index contributed by atoms with van der Waals surface area (Å²) in [5.74, 6) is 0.215. The van der Waals surface area contributed by atoms with E-state index in [-0.39, 0.29) is 17.2 Å². The summed E-state index contributed by atoms with van der Waals surface area (Å²) in [6.45, 7) is 6.55. The van der Waals surface area contributed by atoms with Gasteiger partial charge in [0.05, 0.1) is 6.04 Å². The van der Waals surface area contributed by atoms with E-state index in [1.807, 2.05) is 11.8 Å². The second-order valence-corrected chi connectivity index (χ2v) is 6.52. The lowest BCUT2D eigenvalue weighted by atomic mass is 10.2. The van der Waals surface area contributed by atoms with Gasteiger partial charge in [-0.05, 0) is 25.8 Å². The second kappa shape index (κ2) is 7.11. The van der Waals surface area contributed by atoms with Crippen molar-refractivity contribution in [2.75, 3.05) is 25.9 Å². The average molecular weight is 260 g/mol. The van der Waals surface area contributed by atoms with Gasteiger partial charge in [-0.2, -0.15) is 0 Å². The van der Waals surface area contributed by atoms with Crippen molar-refractivity contribution in [1.82, 2.24) is 10.2 Å². The van der Waals surface area contributed by atoms with Crippen molar-refractivity contribution in [2.24, 2.45) is 0 Å².